The second-order valence-electron chi connectivity index (χ2n) is 2.76. The van der Waals surface area contributed by atoms with Crippen LogP contribution >= 0.6 is 0 Å². The van der Waals surface area contributed by atoms with Crippen molar-refractivity contribution in [2.45, 2.75) is 33.3 Å². The highest BCUT2D eigenvalue weighted by atomic mass is 16.5. The average molecular weight is 169 g/mol. The van der Waals surface area contributed by atoms with Crippen LogP contribution in [0.15, 0.2) is 10.7 Å². The topological polar surface area (TPSA) is 35.3 Å². The lowest BCUT2D eigenvalue weighted by molar-refractivity contribution is 0.115. The third-order valence-electron chi connectivity index (χ3n) is 1.56. The molecule has 1 rings (SSSR count). The van der Waals surface area contributed by atoms with Gasteiger partial charge in [0, 0.05) is 13.5 Å². The number of oxazole rings is 1. The van der Waals surface area contributed by atoms with E-state index in [2.05, 4.69) is 11.9 Å². The molecule has 12 heavy (non-hydrogen) atoms. The van der Waals surface area contributed by atoms with Crippen LogP contribution in [0.25, 0.3) is 0 Å². The van der Waals surface area contributed by atoms with Crippen LogP contribution in [-0.2, 0) is 11.3 Å². The summed E-state index contributed by atoms with van der Waals surface area (Å²) in [6, 6.07) is 0. The summed E-state index contributed by atoms with van der Waals surface area (Å²) in [7, 11) is 0. The summed E-state index contributed by atoms with van der Waals surface area (Å²) in [5, 5.41) is 0. The molecule has 1 heterocycles. The van der Waals surface area contributed by atoms with Gasteiger partial charge in [0.15, 0.2) is 5.89 Å². The Kier molecular flexibility index (Phi) is 3.80. The van der Waals surface area contributed by atoms with Gasteiger partial charge in [-0.1, -0.05) is 13.3 Å². The Balaban J connectivity index is 2.15. The molecule has 0 unspecified atom stereocenters. The SMILES string of the molecule is CCCCOCc1coc(C)n1. The van der Waals surface area contributed by atoms with E-state index in [4.69, 9.17) is 9.15 Å². The van der Waals surface area contributed by atoms with Crippen molar-refractivity contribution in [3.63, 3.8) is 0 Å². The minimum atomic E-state index is 0.567. The zero-order chi connectivity index (χ0) is 8.81. The molecule has 1 aromatic rings. The van der Waals surface area contributed by atoms with Crippen molar-refractivity contribution in [1.82, 2.24) is 4.98 Å². The van der Waals surface area contributed by atoms with E-state index in [1.54, 1.807) is 6.26 Å². The van der Waals surface area contributed by atoms with Crippen LogP contribution in [-0.4, -0.2) is 11.6 Å². The first-order chi connectivity index (χ1) is 5.83. The minimum Gasteiger partial charge on any atom is -0.449 e. The van der Waals surface area contributed by atoms with Crippen LogP contribution in [0.2, 0.25) is 0 Å². The molecular weight excluding hydrogens is 154 g/mol. The second-order valence-corrected chi connectivity index (χ2v) is 2.76. The lowest BCUT2D eigenvalue weighted by Crippen LogP contribution is -1.95. The highest BCUT2D eigenvalue weighted by Gasteiger charge is 1.98. The van der Waals surface area contributed by atoms with E-state index >= 15 is 0 Å². The number of rotatable bonds is 5. The van der Waals surface area contributed by atoms with E-state index in [0.717, 1.165) is 25.1 Å². The third-order valence-corrected chi connectivity index (χ3v) is 1.56. The van der Waals surface area contributed by atoms with E-state index in [-0.39, 0.29) is 0 Å². The first-order valence-electron chi connectivity index (χ1n) is 4.31. The molecule has 0 aromatic carbocycles. The van der Waals surface area contributed by atoms with Crippen molar-refractivity contribution < 1.29 is 9.15 Å². The van der Waals surface area contributed by atoms with Crippen molar-refractivity contribution in [2.75, 3.05) is 6.61 Å². The molecule has 68 valence electrons. The van der Waals surface area contributed by atoms with E-state index in [1.165, 1.54) is 0 Å². The van der Waals surface area contributed by atoms with Crippen LogP contribution in [0, 0.1) is 6.92 Å². The van der Waals surface area contributed by atoms with Gasteiger partial charge in [-0.25, -0.2) is 4.98 Å². The van der Waals surface area contributed by atoms with Crippen LogP contribution in [0.1, 0.15) is 31.4 Å². The van der Waals surface area contributed by atoms with Gasteiger partial charge in [-0.3, -0.25) is 0 Å². The standard InChI is InChI=1S/C9H15NO2/c1-3-4-5-11-6-9-7-12-8(2)10-9/h7H,3-6H2,1-2H3. The molecule has 0 saturated carbocycles. The van der Waals surface area contributed by atoms with E-state index in [0.29, 0.717) is 12.5 Å². The third kappa shape index (κ3) is 3.05. The van der Waals surface area contributed by atoms with E-state index in [9.17, 15) is 0 Å². The molecule has 3 heteroatoms. The Morgan fingerprint density at radius 3 is 3.00 bits per heavy atom. The van der Waals surface area contributed by atoms with Crippen LogP contribution in [0.4, 0.5) is 0 Å². The van der Waals surface area contributed by atoms with Crippen LogP contribution in [0.5, 0.6) is 0 Å². The zero-order valence-corrected chi connectivity index (χ0v) is 7.67. The molecule has 0 atom stereocenters. The summed E-state index contributed by atoms with van der Waals surface area (Å²) in [5.74, 6) is 0.698. The maximum atomic E-state index is 5.35. The average Bonchev–Trinajstić information content (AvgIpc) is 2.45. The molecule has 0 aliphatic carbocycles. The smallest absolute Gasteiger partial charge is 0.191 e. The van der Waals surface area contributed by atoms with Gasteiger partial charge in [0.2, 0.25) is 0 Å². The van der Waals surface area contributed by atoms with Gasteiger partial charge in [0.1, 0.15) is 12.0 Å². The number of unbranched alkanes of at least 4 members (excludes halogenated alkanes) is 1. The molecule has 0 aliphatic rings. The number of hydrogen-bond donors (Lipinski definition) is 0. The lowest BCUT2D eigenvalue weighted by Gasteiger charge is -1.98. The Bertz CT molecular complexity index is 220. The summed E-state index contributed by atoms with van der Waals surface area (Å²) in [4.78, 5) is 4.12. The summed E-state index contributed by atoms with van der Waals surface area (Å²) < 4.78 is 10.4. The van der Waals surface area contributed by atoms with Gasteiger partial charge in [0.05, 0.1) is 6.61 Å². The summed E-state index contributed by atoms with van der Waals surface area (Å²) >= 11 is 0. The van der Waals surface area contributed by atoms with Gasteiger partial charge in [-0.15, -0.1) is 0 Å². The number of ether oxygens (including phenoxy) is 1. The summed E-state index contributed by atoms with van der Waals surface area (Å²) in [6.45, 7) is 5.35. The fraction of sp³-hybridized carbons (Fsp3) is 0.667. The first kappa shape index (κ1) is 9.26. The zero-order valence-electron chi connectivity index (χ0n) is 7.67. The normalized spacial score (nSPS) is 10.5. The lowest BCUT2D eigenvalue weighted by atomic mass is 10.4. The van der Waals surface area contributed by atoms with Crippen LogP contribution in [0.3, 0.4) is 0 Å². The van der Waals surface area contributed by atoms with Crippen LogP contribution < -0.4 is 0 Å². The number of hydrogen-bond acceptors (Lipinski definition) is 3. The van der Waals surface area contributed by atoms with Gasteiger partial charge in [-0.2, -0.15) is 0 Å². The molecule has 3 nitrogen and oxygen atoms in total. The van der Waals surface area contributed by atoms with Crippen molar-refractivity contribution in [3.8, 4) is 0 Å². The predicted octanol–water partition coefficient (Wildman–Crippen LogP) is 2.30. The molecule has 0 N–H and O–H groups in total. The first-order valence-corrected chi connectivity index (χ1v) is 4.31. The van der Waals surface area contributed by atoms with Gasteiger partial charge < -0.3 is 9.15 Å². The molecule has 0 spiro atoms. The Morgan fingerprint density at radius 2 is 2.42 bits per heavy atom. The largest absolute Gasteiger partial charge is 0.449 e. The molecule has 0 bridgehead atoms. The molecule has 0 aliphatic heterocycles. The molecule has 1 aromatic heterocycles. The maximum Gasteiger partial charge on any atom is 0.191 e. The Hall–Kier alpha value is -0.830. The number of aryl methyl sites for hydroxylation is 1. The number of nitrogens with zero attached hydrogens (tertiary/aromatic N) is 1. The van der Waals surface area contributed by atoms with Gasteiger partial charge >= 0.3 is 0 Å². The Labute approximate surface area is 72.7 Å². The van der Waals surface area contributed by atoms with Gasteiger partial charge in [0.25, 0.3) is 0 Å². The Morgan fingerprint density at radius 1 is 1.58 bits per heavy atom. The molecular formula is C9H15NO2. The van der Waals surface area contributed by atoms with E-state index in [1.807, 2.05) is 6.92 Å². The molecule has 0 radical (unpaired) electrons. The quantitative estimate of drug-likeness (QED) is 0.634. The fourth-order valence-corrected chi connectivity index (χ4v) is 0.898. The maximum absolute atomic E-state index is 5.35. The van der Waals surface area contributed by atoms with Gasteiger partial charge in [-0.05, 0) is 6.42 Å². The number of aromatic nitrogens is 1. The minimum absolute atomic E-state index is 0.567. The highest BCUT2D eigenvalue weighted by Crippen LogP contribution is 2.02. The van der Waals surface area contributed by atoms with Crippen molar-refractivity contribution >= 4 is 0 Å². The molecule has 0 fully saturated rings. The summed E-state index contributed by atoms with van der Waals surface area (Å²) in [5.41, 5.74) is 0.878. The van der Waals surface area contributed by atoms with Crippen molar-refractivity contribution in [1.29, 1.82) is 0 Å². The second kappa shape index (κ2) is 4.93. The highest BCUT2D eigenvalue weighted by molar-refractivity contribution is 4.92. The molecule has 0 saturated heterocycles. The van der Waals surface area contributed by atoms with Crippen molar-refractivity contribution in [3.05, 3.63) is 17.8 Å². The van der Waals surface area contributed by atoms with E-state index < -0.39 is 0 Å². The van der Waals surface area contributed by atoms with Crippen molar-refractivity contribution in [2.24, 2.45) is 0 Å². The summed E-state index contributed by atoms with van der Waals surface area (Å²) in [6.07, 6.45) is 3.91. The monoisotopic (exact) mass is 169 g/mol. The molecule has 0 amide bonds. The fourth-order valence-electron chi connectivity index (χ4n) is 0.898. The predicted molar refractivity (Wildman–Crippen MR) is 45.8 cm³/mol.